The van der Waals surface area contributed by atoms with E-state index in [-0.39, 0.29) is 0 Å². The van der Waals surface area contributed by atoms with Gasteiger partial charge in [0.25, 0.3) is 0 Å². The van der Waals surface area contributed by atoms with Crippen molar-refractivity contribution in [3.63, 3.8) is 0 Å². The molecule has 0 radical (unpaired) electrons. The number of halogens is 1. The molecule has 6 heteroatoms. The molecule has 0 fully saturated rings. The summed E-state index contributed by atoms with van der Waals surface area (Å²) < 4.78 is 1.07. The molecule has 0 aliphatic heterocycles. The summed E-state index contributed by atoms with van der Waals surface area (Å²) in [6.07, 6.45) is 1.50. The first kappa shape index (κ1) is 16.0. The molecule has 118 valence electrons. The highest BCUT2D eigenvalue weighted by Gasteiger charge is 2.02. The fourth-order valence-corrected chi connectivity index (χ4v) is 2.39. The van der Waals surface area contributed by atoms with Crippen molar-refractivity contribution >= 4 is 38.9 Å². The lowest BCUT2D eigenvalue weighted by Gasteiger charge is -2.10. The SMILES string of the molecule is Cc1cc(Nc2cc(Nc3ccc(C#N)cc3)ncn2)ccc1Br. The van der Waals surface area contributed by atoms with Gasteiger partial charge in [-0.05, 0) is 55.0 Å². The van der Waals surface area contributed by atoms with Crippen molar-refractivity contribution < 1.29 is 0 Å². The summed E-state index contributed by atoms with van der Waals surface area (Å²) in [6.45, 7) is 2.03. The van der Waals surface area contributed by atoms with Gasteiger partial charge in [0.15, 0.2) is 0 Å². The largest absolute Gasteiger partial charge is 0.340 e. The summed E-state index contributed by atoms with van der Waals surface area (Å²) in [5.41, 5.74) is 3.58. The molecule has 0 saturated carbocycles. The average Bonchev–Trinajstić information content (AvgIpc) is 2.59. The van der Waals surface area contributed by atoms with Crippen molar-refractivity contribution in [1.29, 1.82) is 5.26 Å². The highest BCUT2D eigenvalue weighted by atomic mass is 79.9. The number of benzene rings is 2. The fourth-order valence-electron chi connectivity index (χ4n) is 2.14. The lowest BCUT2D eigenvalue weighted by molar-refractivity contribution is 1.17. The number of aryl methyl sites for hydroxylation is 1. The molecule has 0 atom stereocenters. The van der Waals surface area contributed by atoms with Gasteiger partial charge in [0, 0.05) is 21.9 Å². The Morgan fingerprint density at radius 2 is 1.54 bits per heavy atom. The number of nitrogens with zero attached hydrogens (tertiary/aromatic N) is 3. The van der Waals surface area contributed by atoms with E-state index in [0.717, 1.165) is 21.4 Å². The second-order valence-electron chi connectivity index (χ2n) is 5.19. The normalized spacial score (nSPS) is 10.0. The van der Waals surface area contributed by atoms with Gasteiger partial charge in [-0.25, -0.2) is 9.97 Å². The number of hydrogen-bond acceptors (Lipinski definition) is 5. The zero-order chi connectivity index (χ0) is 16.9. The molecule has 3 rings (SSSR count). The molecule has 1 aromatic heterocycles. The van der Waals surface area contributed by atoms with Crippen LogP contribution in [0.1, 0.15) is 11.1 Å². The quantitative estimate of drug-likeness (QED) is 0.673. The summed E-state index contributed by atoms with van der Waals surface area (Å²) >= 11 is 3.49. The van der Waals surface area contributed by atoms with Gasteiger partial charge in [0.2, 0.25) is 0 Å². The van der Waals surface area contributed by atoms with Crippen molar-refractivity contribution in [2.45, 2.75) is 6.92 Å². The van der Waals surface area contributed by atoms with Crippen LogP contribution in [0.4, 0.5) is 23.0 Å². The minimum absolute atomic E-state index is 0.621. The van der Waals surface area contributed by atoms with E-state index in [1.807, 2.05) is 43.3 Å². The molecule has 0 aliphatic rings. The zero-order valence-electron chi connectivity index (χ0n) is 12.9. The number of nitrogens with one attached hydrogen (secondary N) is 2. The van der Waals surface area contributed by atoms with Crippen molar-refractivity contribution in [2.24, 2.45) is 0 Å². The Kier molecular flexibility index (Phi) is 4.73. The topological polar surface area (TPSA) is 73.6 Å². The Morgan fingerprint density at radius 1 is 0.917 bits per heavy atom. The van der Waals surface area contributed by atoms with Gasteiger partial charge >= 0.3 is 0 Å². The van der Waals surface area contributed by atoms with Crippen molar-refractivity contribution in [2.75, 3.05) is 10.6 Å². The lowest BCUT2D eigenvalue weighted by Crippen LogP contribution is -1.98. The van der Waals surface area contributed by atoms with Crippen molar-refractivity contribution in [1.82, 2.24) is 9.97 Å². The second kappa shape index (κ2) is 7.11. The van der Waals surface area contributed by atoms with E-state index >= 15 is 0 Å². The minimum Gasteiger partial charge on any atom is -0.340 e. The van der Waals surface area contributed by atoms with Gasteiger partial charge in [-0.1, -0.05) is 15.9 Å². The van der Waals surface area contributed by atoms with Crippen LogP contribution in [0.25, 0.3) is 0 Å². The van der Waals surface area contributed by atoms with Crippen LogP contribution in [0.15, 0.2) is 59.3 Å². The minimum atomic E-state index is 0.621. The van der Waals surface area contributed by atoms with Gasteiger partial charge in [0.1, 0.15) is 18.0 Å². The van der Waals surface area contributed by atoms with E-state index in [2.05, 4.69) is 42.6 Å². The molecule has 0 bridgehead atoms. The molecular formula is C18H14BrN5. The Bertz CT molecular complexity index is 900. The summed E-state index contributed by atoms with van der Waals surface area (Å²) in [4.78, 5) is 8.45. The third-order valence-corrected chi connectivity index (χ3v) is 4.27. The monoisotopic (exact) mass is 379 g/mol. The number of nitriles is 1. The maximum absolute atomic E-state index is 8.83. The van der Waals surface area contributed by atoms with Crippen molar-refractivity contribution in [3.05, 3.63) is 70.5 Å². The van der Waals surface area contributed by atoms with Crippen molar-refractivity contribution in [3.8, 4) is 6.07 Å². The van der Waals surface area contributed by atoms with Gasteiger partial charge in [-0.2, -0.15) is 5.26 Å². The molecule has 1 heterocycles. The first-order chi connectivity index (χ1) is 11.6. The molecule has 0 aliphatic carbocycles. The third-order valence-electron chi connectivity index (χ3n) is 3.38. The molecule has 0 saturated heterocycles. The molecule has 2 aromatic carbocycles. The standard InChI is InChI=1S/C18H14BrN5/c1-12-8-15(6-7-16(12)19)24-18-9-17(21-11-22-18)23-14-4-2-13(10-20)3-5-14/h2-9,11H,1H3,(H2,21,22,23,24). The Labute approximate surface area is 148 Å². The van der Waals surface area contributed by atoms with Crippen LogP contribution >= 0.6 is 15.9 Å². The van der Waals surface area contributed by atoms with Crippen LogP contribution in [-0.2, 0) is 0 Å². The third kappa shape index (κ3) is 3.89. The molecule has 3 aromatic rings. The zero-order valence-corrected chi connectivity index (χ0v) is 14.5. The van der Waals surface area contributed by atoms with Crippen LogP contribution in [0.2, 0.25) is 0 Å². The maximum atomic E-state index is 8.83. The van der Waals surface area contributed by atoms with Gasteiger partial charge < -0.3 is 10.6 Å². The summed E-state index contributed by atoms with van der Waals surface area (Å²) in [6, 6.07) is 17.1. The van der Waals surface area contributed by atoms with E-state index in [4.69, 9.17) is 5.26 Å². The number of anilines is 4. The second-order valence-corrected chi connectivity index (χ2v) is 6.05. The predicted molar refractivity (Wildman–Crippen MR) is 98.6 cm³/mol. The van der Waals surface area contributed by atoms with Crippen LogP contribution in [0.3, 0.4) is 0 Å². The van der Waals surface area contributed by atoms with E-state index < -0.39 is 0 Å². The molecule has 0 spiro atoms. The number of hydrogen-bond donors (Lipinski definition) is 2. The lowest BCUT2D eigenvalue weighted by atomic mass is 10.2. The van der Waals surface area contributed by atoms with Gasteiger partial charge in [-0.3, -0.25) is 0 Å². The van der Waals surface area contributed by atoms with Crippen LogP contribution in [-0.4, -0.2) is 9.97 Å². The molecule has 2 N–H and O–H groups in total. The van der Waals surface area contributed by atoms with Crippen LogP contribution in [0, 0.1) is 18.3 Å². The number of rotatable bonds is 4. The first-order valence-corrected chi connectivity index (χ1v) is 8.06. The van der Waals surface area contributed by atoms with Crippen LogP contribution in [0.5, 0.6) is 0 Å². The highest BCUT2D eigenvalue weighted by molar-refractivity contribution is 9.10. The average molecular weight is 380 g/mol. The predicted octanol–water partition coefficient (Wildman–Crippen LogP) is 4.91. The fraction of sp³-hybridized carbons (Fsp3) is 0.0556. The van der Waals surface area contributed by atoms with Gasteiger partial charge in [-0.15, -0.1) is 0 Å². The first-order valence-electron chi connectivity index (χ1n) is 7.26. The molecule has 0 unspecified atom stereocenters. The van der Waals surface area contributed by atoms with E-state index in [9.17, 15) is 0 Å². The summed E-state index contributed by atoms with van der Waals surface area (Å²) in [7, 11) is 0. The smallest absolute Gasteiger partial charge is 0.135 e. The van der Waals surface area contributed by atoms with E-state index in [1.54, 1.807) is 12.1 Å². The Morgan fingerprint density at radius 3 is 2.17 bits per heavy atom. The molecular weight excluding hydrogens is 366 g/mol. The maximum Gasteiger partial charge on any atom is 0.135 e. The Balaban J connectivity index is 1.75. The number of aromatic nitrogens is 2. The molecule has 24 heavy (non-hydrogen) atoms. The van der Waals surface area contributed by atoms with E-state index in [1.165, 1.54) is 6.33 Å². The highest BCUT2D eigenvalue weighted by Crippen LogP contribution is 2.23. The molecule has 0 amide bonds. The van der Waals surface area contributed by atoms with Gasteiger partial charge in [0.05, 0.1) is 11.6 Å². The summed E-state index contributed by atoms with van der Waals surface area (Å²) in [5.74, 6) is 1.37. The van der Waals surface area contributed by atoms with Crippen LogP contribution < -0.4 is 10.6 Å². The van der Waals surface area contributed by atoms with E-state index in [0.29, 0.717) is 17.2 Å². The molecule has 5 nitrogen and oxygen atoms in total. The Hall–Kier alpha value is -2.91. The summed E-state index contributed by atoms with van der Waals surface area (Å²) in [5, 5.41) is 15.3.